The molecule has 0 N–H and O–H groups in total. The molecule has 0 fully saturated rings. The smallest absolute Gasteiger partial charge is 0.279 e. The van der Waals surface area contributed by atoms with Crippen LogP contribution in [0.3, 0.4) is 0 Å². The second kappa shape index (κ2) is 9.20. The van der Waals surface area contributed by atoms with Crippen molar-refractivity contribution in [1.29, 1.82) is 0 Å². The Balaban J connectivity index is 1.46. The number of hydrogen-bond donors (Lipinski definition) is 0. The number of thiazole rings is 1. The van der Waals surface area contributed by atoms with Crippen LogP contribution < -0.4 is 18.6 Å². The first kappa shape index (κ1) is 23.1. The quantitative estimate of drug-likeness (QED) is 0.384. The molecule has 1 amide bonds. The molecule has 0 spiro atoms. The number of carbonyl (C=O) groups excluding carboxylic acids is 1. The molecular weight excluding hydrogens is 486 g/mol. The van der Waals surface area contributed by atoms with Gasteiger partial charge in [0.05, 0.1) is 20.8 Å². The summed E-state index contributed by atoms with van der Waals surface area (Å²) in [5, 5.41) is 0. The Morgan fingerprint density at radius 1 is 1.03 bits per heavy atom. The van der Waals surface area contributed by atoms with Crippen molar-refractivity contribution in [3.63, 3.8) is 0 Å². The lowest BCUT2D eigenvalue weighted by Gasteiger charge is -2.22. The minimum atomic E-state index is -3.77. The van der Waals surface area contributed by atoms with Crippen LogP contribution in [0.5, 0.6) is 11.5 Å². The van der Waals surface area contributed by atoms with E-state index < -0.39 is 15.9 Å². The Hall–Kier alpha value is -3.63. The number of hydrogen-bond acceptors (Lipinski definition) is 6. The first-order valence-corrected chi connectivity index (χ1v) is 13.4. The first-order valence-electron chi connectivity index (χ1n) is 11.1. The number of rotatable bonds is 6. The fourth-order valence-electron chi connectivity index (χ4n) is 3.98. The Kier molecular flexibility index (Phi) is 6.08. The average molecular weight is 510 g/mol. The van der Waals surface area contributed by atoms with Crippen LogP contribution in [0.4, 0.5) is 5.69 Å². The van der Waals surface area contributed by atoms with E-state index in [1.165, 1.54) is 39.9 Å². The normalized spacial score (nSPS) is 13.4. The van der Waals surface area contributed by atoms with Gasteiger partial charge in [-0.3, -0.25) is 9.10 Å². The third-order valence-corrected chi connectivity index (χ3v) is 8.67. The van der Waals surface area contributed by atoms with Crippen molar-refractivity contribution in [3.05, 3.63) is 77.1 Å². The van der Waals surface area contributed by atoms with E-state index in [-0.39, 0.29) is 18.2 Å². The van der Waals surface area contributed by atoms with Gasteiger partial charge in [0.2, 0.25) is 6.79 Å². The summed E-state index contributed by atoms with van der Waals surface area (Å²) in [6.45, 7) is 4.86. The molecule has 35 heavy (non-hydrogen) atoms. The molecule has 0 aliphatic carbocycles. The van der Waals surface area contributed by atoms with Crippen LogP contribution in [-0.2, 0) is 16.6 Å². The summed E-state index contributed by atoms with van der Waals surface area (Å²) in [5.74, 6) is 0.898. The fourth-order valence-corrected chi connectivity index (χ4v) is 6.56. The number of sulfonamides is 1. The van der Waals surface area contributed by atoms with Crippen molar-refractivity contribution < 1.29 is 22.7 Å². The van der Waals surface area contributed by atoms with Gasteiger partial charge in [0.25, 0.3) is 15.9 Å². The standard InChI is InChI=1S/C25H23N3O5S2/c1-3-27-20-14-21-22(33-16-32-21)15-23(20)34-25(27)26-24(29)17-10-12-19(13-11-17)35(30,31)28(4-2)18-8-6-5-7-9-18/h5-15H,3-4,16H2,1-2H3. The monoisotopic (exact) mass is 509 g/mol. The lowest BCUT2D eigenvalue weighted by molar-refractivity contribution is 0.0997. The van der Waals surface area contributed by atoms with E-state index in [0.29, 0.717) is 34.1 Å². The molecule has 1 aliphatic heterocycles. The summed E-state index contributed by atoms with van der Waals surface area (Å²) in [4.78, 5) is 17.9. The van der Waals surface area contributed by atoms with Gasteiger partial charge in [-0.05, 0) is 50.2 Å². The van der Waals surface area contributed by atoms with Crippen molar-refractivity contribution in [3.8, 4) is 11.5 Å². The van der Waals surface area contributed by atoms with Crippen LogP contribution in [0.2, 0.25) is 0 Å². The van der Waals surface area contributed by atoms with Crippen LogP contribution in [0.15, 0.2) is 76.6 Å². The van der Waals surface area contributed by atoms with Gasteiger partial charge in [-0.1, -0.05) is 29.5 Å². The number of nitrogens with zero attached hydrogens (tertiary/aromatic N) is 3. The van der Waals surface area contributed by atoms with E-state index in [0.717, 1.165) is 10.2 Å². The van der Waals surface area contributed by atoms with Crippen LogP contribution in [0.1, 0.15) is 24.2 Å². The van der Waals surface area contributed by atoms with Crippen molar-refractivity contribution in [2.75, 3.05) is 17.6 Å². The number of para-hydroxylation sites is 1. The Bertz CT molecular complexity index is 1570. The summed E-state index contributed by atoms with van der Waals surface area (Å²) in [6.07, 6.45) is 0. The minimum Gasteiger partial charge on any atom is -0.454 e. The highest BCUT2D eigenvalue weighted by molar-refractivity contribution is 7.92. The molecule has 3 aromatic carbocycles. The van der Waals surface area contributed by atoms with Gasteiger partial charge >= 0.3 is 0 Å². The molecule has 0 unspecified atom stereocenters. The van der Waals surface area contributed by atoms with Crippen molar-refractivity contribution in [1.82, 2.24) is 4.57 Å². The highest BCUT2D eigenvalue weighted by Gasteiger charge is 2.24. The van der Waals surface area contributed by atoms with Crippen LogP contribution >= 0.6 is 11.3 Å². The maximum atomic E-state index is 13.2. The van der Waals surface area contributed by atoms with Gasteiger partial charge in [-0.25, -0.2) is 8.42 Å². The molecule has 5 rings (SSSR count). The molecule has 4 aromatic rings. The number of amides is 1. The summed E-state index contributed by atoms with van der Waals surface area (Å²) >= 11 is 1.39. The molecule has 180 valence electrons. The van der Waals surface area contributed by atoms with E-state index in [2.05, 4.69) is 4.99 Å². The van der Waals surface area contributed by atoms with E-state index in [4.69, 9.17) is 9.47 Å². The van der Waals surface area contributed by atoms with E-state index in [1.807, 2.05) is 29.7 Å². The number of fused-ring (bicyclic) bond motifs is 2. The molecular formula is C25H23N3O5S2. The maximum absolute atomic E-state index is 13.2. The molecule has 0 bridgehead atoms. The molecule has 0 atom stereocenters. The van der Waals surface area contributed by atoms with E-state index >= 15 is 0 Å². The van der Waals surface area contributed by atoms with E-state index in [1.54, 1.807) is 31.2 Å². The van der Waals surface area contributed by atoms with E-state index in [9.17, 15) is 13.2 Å². The Morgan fingerprint density at radius 3 is 2.37 bits per heavy atom. The van der Waals surface area contributed by atoms with Crippen LogP contribution in [0.25, 0.3) is 10.2 Å². The third-order valence-electron chi connectivity index (χ3n) is 5.71. The maximum Gasteiger partial charge on any atom is 0.279 e. The van der Waals surface area contributed by atoms with Crippen molar-refractivity contribution in [2.45, 2.75) is 25.3 Å². The molecule has 2 heterocycles. The van der Waals surface area contributed by atoms with Crippen LogP contribution in [0, 0.1) is 0 Å². The second-order valence-corrected chi connectivity index (χ2v) is 10.6. The van der Waals surface area contributed by atoms with Gasteiger partial charge in [0.1, 0.15) is 0 Å². The summed E-state index contributed by atoms with van der Waals surface area (Å²) in [6, 6.07) is 18.6. The zero-order valence-electron chi connectivity index (χ0n) is 19.2. The molecule has 0 radical (unpaired) electrons. The highest BCUT2D eigenvalue weighted by atomic mass is 32.2. The molecule has 8 nitrogen and oxygen atoms in total. The summed E-state index contributed by atoms with van der Waals surface area (Å²) < 4.78 is 41.5. The predicted octanol–water partition coefficient (Wildman–Crippen LogP) is 4.41. The average Bonchev–Trinajstić information content (AvgIpc) is 3.46. The number of aryl methyl sites for hydroxylation is 1. The zero-order valence-corrected chi connectivity index (χ0v) is 20.8. The summed E-state index contributed by atoms with van der Waals surface area (Å²) in [7, 11) is -3.77. The largest absolute Gasteiger partial charge is 0.454 e. The molecule has 1 aliphatic rings. The number of ether oxygens (including phenoxy) is 2. The lowest BCUT2D eigenvalue weighted by atomic mass is 10.2. The van der Waals surface area contributed by atoms with Crippen LogP contribution in [-0.4, -0.2) is 32.2 Å². The third kappa shape index (κ3) is 4.19. The van der Waals surface area contributed by atoms with Gasteiger partial charge in [-0.2, -0.15) is 4.99 Å². The van der Waals surface area contributed by atoms with Crippen molar-refractivity contribution in [2.24, 2.45) is 4.99 Å². The Labute approximate surface area is 206 Å². The molecule has 10 heteroatoms. The zero-order chi connectivity index (χ0) is 24.6. The topological polar surface area (TPSA) is 90.2 Å². The lowest BCUT2D eigenvalue weighted by Crippen LogP contribution is -2.30. The minimum absolute atomic E-state index is 0.111. The van der Waals surface area contributed by atoms with Gasteiger partial charge < -0.3 is 14.0 Å². The number of anilines is 1. The van der Waals surface area contributed by atoms with Gasteiger partial charge in [0, 0.05) is 30.8 Å². The van der Waals surface area contributed by atoms with Gasteiger partial charge in [0.15, 0.2) is 16.3 Å². The molecule has 0 saturated carbocycles. The molecule has 1 aromatic heterocycles. The fraction of sp³-hybridized carbons (Fsp3) is 0.200. The second-order valence-electron chi connectivity index (χ2n) is 7.75. The first-order chi connectivity index (χ1) is 16.9. The Morgan fingerprint density at radius 2 is 1.71 bits per heavy atom. The van der Waals surface area contributed by atoms with Gasteiger partial charge in [-0.15, -0.1) is 0 Å². The molecule has 0 saturated heterocycles. The SMILES string of the molecule is CCN(c1ccccc1)S(=O)(=O)c1ccc(C(=O)N=c2sc3cc4c(cc3n2CC)OCO4)cc1. The highest BCUT2D eigenvalue weighted by Crippen LogP contribution is 2.37. The predicted molar refractivity (Wildman–Crippen MR) is 135 cm³/mol. The number of benzene rings is 3. The van der Waals surface area contributed by atoms with Crippen molar-refractivity contribution >= 4 is 43.2 Å². The summed E-state index contributed by atoms with van der Waals surface area (Å²) in [5.41, 5.74) is 1.80. The number of carbonyl (C=O) groups is 1. The number of aromatic nitrogens is 1.